The molecule has 7 heteroatoms. The maximum absolute atomic E-state index is 12.7. The molecule has 2 aliphatic rings. The molecule has 2 heterocycles. The zero-order chi connectivity index (χ0) is 20.4. The van der Waals surface area contributed by atoms with Crippen molar-refractivity contribution in [2.24, 2.45) is 0 Å². The number of imide groups is 1. The number of nitrogens with zero attached hydrogens (tertiary/aromatic N) is 2. The zero-order valence-corrected chi connectivity index (χ0v) is 16.2. The molecule has 2 aliphatic heterocycles. The van der Waals surface area contributed by atoms with Crippen molar-refractivity contribution in [2.75, 3.05) is 26.3 Å². The van der Waals surface area contributed by atoms with E-state index in [4.69, 9.17) is 9.47 Å². The SMILES string of the molecule is CCN(Cc1ccc2c(c1)OCCO2)C(=O)CCN1C(=O)c2ccccc2C1=O. The minimum Gasteiger partial charge on any atom is -0.486 e. The molecule has 0 radical (unpaired) electrons. The largest absolute Gasteiger partial charge is 0.486 e. The van der Waals surface area contributed by atoms with Gasteiger partial charge in [-0.1, -0.05) is 18.2 Å². The van der Waals surface area contributed by atoms with Gasteiger partial charge in [-0.25, -0.2) is 0 Å². The number of carbonyl (C=O) groups is 3. The smallest absolute Gasteiger partial charge is 0.261 e. The van der Waals surface area contributed by atoms with Gasteiger partial charge in [0.05, 0.1) is 11.1 Å². The summed E-state index contributed by atoms with van der Waals surface area (Å²) in [5.41, 5.74) is 1.73. The van der Waals surface area contributed by atoms with E-state index in [0.29, 0.717) is 48.9 Å². The van der Waals surface area contributed by atoms with Crippen LogP contribution >= 0.6 is 0 Å². The highest BCUT2D eigenvalue weighted by Gasteiger charge is 2.35. The quantitative estimate of drug-likeness (QED) is 0.704. The van der Waals surface area contributed by atoms with E-state index >= 15 is 0 Å². The lowest BCUT2D eigenvalue weighted by Gasteiger charge is -2.24. The van der Waals surface area contributed by atoms with Crippen molar-refractivity contribution < 1.29 is 23.9 Å². The summed E-state index contributed by atoms with van der Waals surface area (Å²) in [5, 5.41) is 0. The Morgan fingerprint density at radius 3 is 2.31 bits per heavy atom. The molecule has 0 N–H and O–H groups in total. The minimum atomic E-state index is -0.340. The molecule has 29 heavy (non-hydrogen) atoms. The van der Waals surface area contributed by atoms with Gasteiger partial charge in [-0.3, -0.25) is 19.3 Å². The highest BCUT2D eigenvalue weighted by atomic mass is 16.6. The summed E-state index contributed by atoms with van der Waals surface area (Å²) < 4.78 is 11.1. The van der Waals surface area contributed by atoms with Crippen LogP contribution < -0.4 is 9.47 Å². The average Bonchev–Trinajstić information content (AvgIpc) is 3.00. The van der Waals surface area contributed by atoms with Crippen LogP contribution in [0.15, 0.2) is 42.5 Å². The molecule has 0 spiro atoms. The van der Waals surface area contributed by atoms with E-state index in [1.54, 1.807) is 29.2 Å². The number of hydrogen-bond donors (Lipinski definition) is 0. The first-order valence-corrected chi connectivity index (χ1v) is 9.70. The molecule has 0 atom stereocenters. The van der Waals surface area contributed by atoms with Gasteiger partial charge in [-0.05, 0) is 36.8 Å². The Morgan fingerprint density at radius 2 is 1.66 bits per heavy atom. The first kappa shape index (κ1) is 19.0. The van der Waals surface area contributed by atoms with Crippen molar-refractivity contribution in [2.45, 2.75) is 19.9 Å². The van der Waals surface area contributed by atoms with Gasteiger partial charge in [0.1, 0.15) is 13.2 Å². The second-order valence-corrected chi connectivity index (χ2v) is 6.94. The van der Waals surface area contributed by atoms with Gasteiger partial charge < -0.3 is 14.4 Å². The molecule has 3 amide bonds. The van der Waals surface area contributed by atoms with E-state index in [9.17, 15) is 14.4 Å². The van der Waals surface area contributed by atoms with Gasteiger partial charge in [-0.2, -0.15) is 0 Å². The van der Waals surface area contributed by atoms with Crippen LogP contribution in [0.1, 0.15) is 39.6 Å². The predicted molar refractivity (Wildman–Crippen MR) is 105 cm³/mol. The Kier molecular flexibility index (Phi) is 5.20. The first-order valence-electron chi connectivity index (χ1n) is 9.70. The molecule has 0 saturated carbocycles. The third-order valence-electron chi connectivity index (χ3n) is 5.14. The fraction of sp³-hybridized carbons (Fsp3) is 0.318. The third-order valence-corrected chi connectivity index (χ3v) is 5.14. The first-order chi connectivity index (χ1) is 14.1. The van der Waals surface area contributed by atoms with Crippen LogP contribution in [0.3, 0.4) is 0 Å². The van der Waals surface area contributed by atoms with Crippen LogP contribution in [-0.4, -0.2) is 53.8 Å². The molecule has 4 rings (SSSR count). The van der Waals surface area contributed by atoms with E-state index < -0.39 is 0 Å². The highest BCUT2D eigenvalue weighted by Crippen LogP contribution is 2.31. The lowest BCUT2D eigenvalue weighted by Crippen LogP contribution is -2.36. The van der Waals surface area contributed by atoms with Gasteiger partial charge in [0.2, 0.25) is 5.91 Å². The van der Waals surface area contributed by atoms with Crippen LogP contribution in [0.25, 0.3) is 0 Å². The van der Waals surface area contributed by atoms with Crippen molar-refractivity contribution in [3.8, 4) is 11.5 Å². The van der Waals surface area contributed by atoms with Crippen molar-refractivity contribution in [3.05, 3.63) is 59.2 Å². The number of benzene rings is 2. The van der Waals surface area contributed by atoms with Gasteiger partial charge in [0, 0.05) is 26.1 Å². The summed E-state index contributed by atoms with van der Waals surface area (Å²) in [4.78, 5) is 40.5. The predicted octanol–water partition coefficient (Wildman–Crippen LogP) is 2.49. The van der Waals surface area contributed by atoms with E-state index in [1.165, 1.54) is 0 Å². The van der Waals surface area contributed by atoms with Crippen LogP contribution in [-0.2, 0) is 11.3 Å². The second-order valence-electron chi connectivity index (χ2n) is 6.94. The summed E-state index contributed by atoms with van der Waals surface area (Å²) in [6, 6.07) is 12.4. The van der Waals surface area contributed by atoms with Gasteiger partial charge in [-0.15, -0.1) is 0 Å². The molecule has 0 aromatic heterocycles. The Balaban J connectivity index is 1.39. The standard InChI is InChI=1S/C22H22N2O5/c1-2-23(14-15-7-8-18-19(13-15)29-12-11-28-18)20(25)9-10-24-21(26)16-5-3-4-6-17(16)22(24)27/h3-8,13H,2,9-12,14H2,1H3. The Bertz CT molecular complexity index is 936. The fourth-order valence-corrected chi connectivity index (χ4v) is 3.59. The van der Waals surface area contributed by atoms with Crippen LogP contribution in [0.2, 0.25) is 0 Å². The topological polar surface area (TPSA) is 76.2 Å². The van der Waals surface area contributed by atoms with Crippen molar-refractivity contribution >= 4 is 17.7 Å². The van der Waals surface area contributed by atoms with Gasteiger partial charge in [0.15, 0.2) is 11.5 Å². The van der Waals surface area contributed by atoms with Gasteiger partial charge in [0.25, 0.3) is 11.8 Å². The molecule has 2 aromatic carbocycles. The van der Waals surface area contributed by atoms with Crippen molar-refractivity contribution in [1.82, 2.24) is 9.80 Å². The number of ether oxygens (including phenoxy) is 2. The summed E-state index contributed by atoms with van der Waals surface area (Å²) in [5.74, 6) is 0.601. The summed E-state index contributed by atoms with van der Waals surface area (Å²) >= 11 is 0. The molecule has 0 bridgehead atoms. The van der Waals surface area contributed by atoms with Crippen molar-refractivity contribution in [1.29, 1.82) is 0 Å². The highest BCUT2D eigenvalue weighted by molar-refractivity contribution is 6.21. The lowest BCUT2D eigenvalue weighted by atomic mass is 10.1. The molecule has 0 unspecified atom stereocenters. The number of rotatable bonds is 6. The summed E-state index contributed by atoms with van der Waals surface area (Å²) in [6.07, 6.45) is 0.0872. The maximum atomic E-state index is 12.7. The maximum Gasteiger partial charge on any atom is 0.261 e. The van der Waals surface area contributed by atoms with Gasteiger partial charge >= 0.3 is 0 Å². The van der Waals surface area contributed by atoms with Crippen LogP contribution in [0, 0.1) is 0 Å². The third kappa shape index (κ3) is 3.68. The van der Waals surface area contributed by atoms with Crippen molar-refractivity contribution in [3.63, 3.8) is 0 Å². The molecule has 7 nitrogen and oxygen atoms in total. The van der Waals surface area contributed by atoms with Crippen LogP contribution in [0.5, 0.6) is 11.5 Å². The molecule has 2 aromatic rings. The molecule has 0 aliphatic carbocycles. The minimum absolute atomic E-state index is 0.0722. The molecule has 150 valence electrons. The summed E-state index contributed by atoms with van der Waals surface area (Å²) in [7, 11) is 0. The number of carbonyl (C=O) groups excluding carboxylic acids is 3. The summed E-state index contributed by atoms with van der Waals surface area (Å²) in [6.45, 7) is 3.96. The zero-order valence-electron chi connectivity index (χ0n) is 16.2. The van der Waals surface area contributed by atoms with Crippen LogP contribution in [0.4, 0.5) is 0 Å². The Labute approximate surface area is 168 Å². The normalized spacial score (nSPS) is 14.7. The Hall–Kier alpha value is -3.35. The fourth-order valence-electron chi connectivity index (χ4n) is 3.59. The number of amides is 3. The Morgan fingerprint density at radius 1 is 1.00 bits per heavy atom. The lowest BCUT2D eigenvalue weighted by molar-refractivity contribution is -0.131. The molecule has 0 saturated heterocycles. The van der Waals surface area contributed by atoms with E-state index in [1.807, 2.05) is 25.1 Å². The molecular formula is C22H22N2O5. The molecular weight excluding hydrogens is 372 g/mol. The second kappa shape index (κ2) is 7.95. The average molecular weight is 394 g/mol. The number of fused-ring (bicyclic) bond motifs is 2. The van der Waals surface area contributed by atoms with E-state index in [0.717, 1.165) is 10.5 Å². The van der Waals surface area contributed by atoms with E-state index in [-0.39, 0.29) is 30.7 Å². The van der Waals surface area contributed by atoms with E-state index in [2.05, 4.69) is 0 Å². The monoisotopic (exact) mass is 394 g/mol. The molecule has 0 fully saturated rings. The number of hydrogen-bond acceptors (Lipinski definition) is 5.